The zero-order valence-corrected chi connectivity index (χ0v) is 14.5. The second kappa shape index (κ2) is 5.94. The monoisotopic (exact) mass is 357 g/mol. The van der Waals surface area contributed by atoms with Gasteiger partial charge in [-0.3, -0.25) is 10.2 Å². The van der Waals surface area contributed by atoms with Crippen molar-refractivity contribution in [2.45, 2.75) is 6.92 Å². The standard InChI is InChI=1S/C19H17F2N3O2/c1-9-11-7-15(25-2)16(26-3)8-12(11)18-17(9)19(24-23-18)22-14-6-10(20)4-5-13(14)21/h4-8,22-24H,1-3H3. The SMILES string of the molecule is COc1cc2c3[nH][nH]c(Nc4cc(F)ccc4F)c-3c(C)c2cc1OC. The summed E-state index contributed by atoms with van der Waals surface area (Å²) in [4.78, 5) is 0. The number of aromatic amines is 2. The molecule has 0 saturated heterocycles. The van der Waals surface area contributed by atoms with Gasteiger partial charge in [0.1, 0.15) is 17.5 Å². The number of aryl methyl sites for hydroxylation is 1. The zero-order chi connectivity index (χ0) is 18.4. The van der Waals surface area contributed by atoms with E-state index in [9.17, 15) is 8.78 Å². The summed E-state index contributed by atoms with van der Waals surface area (Å²) in [7, 11) is 3.17. The molecule has 0 atom stereocenters. The van der Waals surface area contributed by atoms with Crippen LogP contribution < -0.4 is 14.8 Å². The molecule has 1 aliphatic carbocycles. The van der Waals surface area contributed by atoms with Crippen molar-refractivity contribution in [2.75, 3.05) is 19.5 Å². The first-order valence-corrected chi connectivity index (χ1v) is 8.00. The third-order valence-electron chi connectivity index (χ3n) is 4.57. The highest BCUT2D eigenvalue weighted by molar-refractivity contribution is 6.08. The number of H-pyrrole nitrogens is 2. The molecule has 0 bridgehead atoms. The Morgan fingerprint density at radius 2 is 1.62 bits per heavy atom. The van der Waals surface area contributed by atoms with Crippen molar-refractivity contribution in [3.05, 3.63) is 47.5 Å². The van der Waals surface area contributed by atoms with Crippen LogP contribution in [-0.2, 0) is 0 Å². The average Bonchev–Trinajstić information content (AvgIpc) is 3.17. The van der Waals surface area contributed by atoms with Gasteiger partial charge in [-0.25, -0.2) is 8.78 Å². The van der Waals surface area contributed by atoms with Crippen LogP contribution in [0.15, 0.2) is 30.3 Å². The number of hydrogen-bond donors (Lipinski definition) is 3. The van der Waals surface area contributed by atoms with Crippen molar-refractivity contribution in [1.82, 2.24) is 10.2 Å². The Hall–Kier alpha value is -3.22. The largest absolute Gasteiger partial charge is 0.493 e. The van der Waals surface area contributed by atoms with Gasteiger partial charge in [0.25, 0.3) is 0 Å². The molecule has 5 nitrogen and oxygen atoms in total. The minimum absolute atomic E-state index is 0.0574. The summed E-state index contributed by atoms with van der Waals surface area (Å²) < 4.78 is 38.2. The van der Waals surface area contributed by atoms with E-state index in [-0.39, 0.29) is 5.69 Å². The van der Waals surface area contributed by atoms with Crippen molar-refractivity contribution >= 4 is 22.3 Å². The maximum Gasteiger partial charge on any atom is 0.161 e. The summed E-state index contributed by atoms with van der Waals surface area (Å²) in [6.45, 7) is 1.96. The van der Waals surface area contributed by atoms with E-state index in [0.717, 1.165) is 45.8 Å². The third kappa shape index (κ3) is 2.35. The number of hydrogen-bond acceptors (Lipinski definition) is 3. The molecule has 0 radical (unpaired) electrons. The molecule has 1 aliphatic heterocycles. The van der Waals surface area contributed by atoms with Gasteiger partial charge < -0.3 is 14.8 Å². The fourth-order valence-corrected chi connectivity index (χ4v) is 3.30. The Kier molecular flexibility index (Phi) is 3.72. The highest BCUT2D eigenvalue weighted by atomic mass is 19.1. The molecule has 0 amide bonds. The van der Waals surface area contributed by atoms with E-state index in [4.69, 9.17) is 9.47 Å². The molecule has 4 rings (SSSR count). The molecular weight excluding hydrogens is 340 g/mol. The molecule has 0 fully saturated rings. The van der Waals surface area contributed by atoms with E-state index in [0.29, 0.717) is 17.3 Å². The number of fused-ring (bicyclic) bond motifs is 3. The third-order valence-corrected chi connectivity index (χ3v) is 4.57. The lowest BCUT2D eigenvalue weighted by atomic mass is 10.1. The van der Waals surface area contributed by atoms with Crippen LogP contribution in [0.25, 0.3) is 22.0 Å². The smallest absolute Gasteiger partial charge is 0.161 e. The summed E-state index contributed by atoms with van der Waals surface area (Å²) in [6.07, 6.45) is 0. The Balaban J connectivity index is 1.87. The molecule has 0 unspecified atom stereocenters. The van der Waals surface area contributed by atoms with Gasteiger partial charge in [-0.15, -0.1) is 0 Å². The Morgan fingerprint density at radius 3 is 2.31 bits per heavy atom. The van der Waals surface area contributed by atoms with E-state index < -0.39 is 11.6 Å². The predicted molar refractivity (Wildman–Crippen MR) is 96.8 cm³/mol. The van der Waals surface area contributed by atoms with E-state index in [1.165, 1.54) is 0 Å². The topological polar surface area (TPSA) is 62.1 Å². The lowest BCUT2D eigenvalue weighted by molar-refractivity contribution is 0.356. The summed E-state index contributed by atoms with van der Waals surface area (Å²) >= 11 is 0. The number of halogens is 2. The zero-order valence-electron chi connectivity index (χ0n) is 14.5. The van der Waals surface area contributed by atoms with Crippen LogP contribution in [0.5, 0.6) is 11.5 Å². The van der Waals surface area contributed by atoms with Crippen molar-refractivity contribution in [3.63, 3.8) is 0 Å². The van der Waals surface area contributed by atoms with Crippen molar-refractivity contribution in [1.29, 1.82) is 0 Å². The number of aromatic nitrogens is 2. The summed E-state index contributed by atoms with van der Waals surface area (Å²) in [6, 6.07) is 7.08. The lowest BCUT2D eigenvalue weighted by Gasteiger charge is -2.08. The fraction of sp³-hybridized carbons (Fsp3) is 0.158. The van der Waals surface area contributed by atoms with E-state index in [2.05, 4.69) is 15.5 Å². The first-order chi connectivity index (χ1) is 12.5. The average molecular weight is 357 g/mol. The number of benzene rings is 2. The molecule has 0 saturated carbocycles. The number of methoxy groups -OCH3 is 2. The molecular formula is C19H17F2N3O2. The number of ether oxygens (including phenoxy) is 2. The molecule has 134 valence electrons. The Morgan fingerprint density at radius 1 is 0.923 bits per heavy atom. The molecule has 7 heteroatoms. The van der Waals surface area contributed by atoms with Gasteiger partial charge in [0.05, 0.1) is 25.6 Å². The summed E-state index contributed by atoms with van der Waals surface area (Å²) in [5.74, 6) is 0.750. The van der Waals surface area contributed by atoms with Crippen LogP contribution in [0.1, 0.15) is 5.56 Å². The van der Waals surface area contributed by atoms with Crippen molar-refractivity contribution in [2.24, 2.45) is 0 Å². The first-order valence-electron chi connectivity index (χ1n) is 8.00. The Labute approximate surface area is 148 Å². The first kappa shape index (κ1) is 16.3. The summed E-state index contributed by atoms with van der Waals surface area (Å²) in [5, 5.41) is 10.9. The van der Waals surface area contributed by atoms with Crippen molar-refractivity contribution in [3.8, 4) is 22.8 Å². The Bertz CT molecular complexity index is 1080. The van der Waals surface area contributed by atoms with Gasteiger partial charge in [0.15, 0.2) is 11.5 Å². The van der Waals surface area contributed by atoms with E-state index >= 15 is 0 Å². The van der Waals surface area contributed by atoms with Crippen molar-refractivity contribution < 1.29 is 18.3 Å². The summed E-state index contributed by atoms with van der Waals surface area (Å²) in [5.41, 5.74) is 2.74. The van der Waals surface area contributed by atoms with Crippen LogP contribution in [0.3, 0.4) is 0 Å². The maximum absolute atomic E-state index is 14.0. The molecule has 1 heterocycles. The highest BCUT2D eigenvalue weighted by Crippen LogP contribution is 2.46. The van der Waals surface area contributed by atoms with Crippen LogP contribution in [-0.4, -0.2) is 24.4 Å². The quantitative estimate of drug-likeness (QED) is 0.484. The molecule has 26 heavy (non-hydrogen) atoms. The number of rotatable bonds is 4. The second-order valence-corrected chi connectivity index (χ2v) is 6.00. The van der Waals surface area contributed by atoms with Gasteiger partial charge in [-0.05, 0) is 42.1 Å². The van der Waals surface area contributed by atoms with Gasteiger partial charge >= 0.3 is 0 Å². The molecule has 2 aliphatic rings. The van der Waals surface area contributed by atoms with Gasteiger partial charge in [0, 0.05) is 17.0 Å². The van der Waals surface area contributed by atoms with Gasteiger partial charge in [-0.2, -0.15) is 0 Å². The highest BCUT2D eigenvalue weighted by Gasteiger charge is 2.23. The maximum atomic E-state index is 14.0. The number of nitrogens with one attached hydrogen (secondary N) is 3. The molecule has 2 aromatic carbocycles. The second-order valence-electron chi connectivity index (χ2n) is 6.00. The van der Waals surface area contributed by atoms with E-state index in [1.54, 1.807) is 14.2 Å². The predicted octanol–water partition coefficient (Wildman–Crippen LogP) is 4.95. The normalized spacial score (nSPS) is 11.3. The van der Waals surface area contributed by atoms with Crippen LogP contribution in [0, 0.1) is 18.6 Å². The minimum Gasteiger partial charge on any atom is -0.493 e. The molecule has 0 spiro atoms. The minimum atomic E-state index is -0.536. The molecule has 0 aromatic heterocycles. The molecule has 2 aromatic rings. The van der Waals surface area contributed by atoms with E-state index in [1.807, 2.05) is 19.1 Å². The van der Waals surface area contributed by atoms with Crippen LogP contribution in [0.4, 0.5) is 20.3 Å². The van der Waals surface area contributed by atoms with Crippen LogP contribution >= 0.6 is 0 Å². The van der Waals surface area contributed by atoms with Gasteiger partial charge in [-0.1, -0.05) is 0 Å². The lowest BCUT2D eigenvalue weighted by Crippen LogP contribution is -1.96. The number of anilines is 2. The van der Waals surface area contributed by atoms with Crippen LogP contribution in [0.2, 0.25) is 0 Å². The fourth-order valence-electron chi connectivity index (χ4n) is 3.30. The molecule has 3 N–H and O–H groups in total. The van der Waals surface area contributed by atoms with Gasteiger partial charge in [0.2, 0.25) is 0 Å².